The Labute approximate surface area is 106 Å². The van der Waals surface area contributed by atoms with Crippen LogP contribution in [0.1, 0.15) is 17.3 Å². The summed E-state index contributed by atoms with van der Waals surface area (Å²) in [5.74, 6) is 0.189. The molecular weight excluding hydrogens is 252 g/mol. The second-order valence-electron chi connectivity index (χ2n) is 3.40. The van der Waals surface area contributed by atoms with Gasteiger partial charge in [-0.25, -0.2) is 19.6 Å². The molecule has 0 aromatic carbocycles. The van der Waals surface area contributed by atoms with Crippen LogP contribution in [0.4, 0.5) is 11.6 Å². The molecule has 0 unspecified atom stereocenters. The summed E-state index contributed by atoms with van der Waals surface area (Å²) >= 11 is 0. The Kier molecular flexibility index (Phi) is 4.52. The van der Waals surface area contributed by atoms with E-state index in [1.54, 1.807) is 0 Å². The molecule has 0 spiro atoms. The molecule has 2 heterocycles. The molecule has 0 aliphatic rings. The fourth-order valence-electron chi connectivity index (χ4n) is 1.07. The number of carbonyl (C=O) groups excluding carboxylic acids is 1. The maximum atomic E-state index is 10.7. The predicted octanol–water partition coefficient (Wildman–Crippen LogP) is -1.09. The molecule has 0 saturated carbocycles. The number of nitrogens with two attached hydrogens (primary N) is 2. The van der Waals surface area contributed by atoms with Gasteiger partial charge in [-0.2, -0.15) is 0 Å². The highest BCUT2D eigenvalue weighted by molar-refractivity contribution is 5.97. The van der Waals surface area contributed by atoms with Crippen LogP contribution in [0.3, 0.4) is 0 Å². The van der Waals surface area contributed by atoms with Gasteiger partial charge in [-0.05, 0) is 13.0 Å². The lowest BCUT2D eigenvalue weighted by atomic mass is 10.2. The van der Waals surface area contributed by atoms with Crippen molar-refractivity contribution in [3.63, 3.8) is 0 Å². The molecule has 0 fully saturated rings. The van der Waals surface area contributed by atoms with Gasteiger partial charge in [0, 0.05) is 12.4 Å². The Balaban J connectivity index is 0.000000200. The number of Topliss-reactive ketones (excluding diaryl/α,β-unsaturated/α-hetero) is 1. The molecule has 2 aromatic rings. The fraction of sp³-hybridized carbons (Fsp3) is 0.100. The average Bonchev–Trinajstić information content (AvgIpc) is 2.28. The average molecular weight is 264 g/mol. The molecule has 0 aliphatic carbocycles. The molecule has 9 heteroatoms. The monoisotopic (exact) mass is 264 g/mol. The number of nitrogen functional groups attached to an aromatic ring is 2. The number of nitrogens with one attached hydrogen (secondary N) is 2. The van der Waals surface area contributed by atoms with Crippen LogP contribution in [0, 0.1) is 0 Å². The van der Waals surface area contributed by atoms with E-state index in [-0.39, 0.29) is 17.2 Å². The van der Waals surface area contributed by atoms with Crippen LogP contribution in [-0.4, -0.2) is 25.7 Å². The van der Waals surface area contributed by atoms with E-state index < -0.39 is 11.4 Å². The zero-order chi connectivity index (χ0) is 14.4. The third-order valence-corrected chi connectivity index (χ3v) is 1.92. The number of aromatic amines is 2. The lowest BCUT2D eigenvalue weighted by molar-refractivity contribution is 0.101. The van der Waals surface area contributed by atoms with Crippen LogP contribution < -0.4 is 22.8 Å². The first-order chi connectivity index (χ1) is 8.90. The molecule has 0 saturated heterocycles. The Morgan fingerprint density at radius 3 is 2.21 bits per heavy atom. The summed E-state index contributed by atoms with van der Waals surface area (Å²) in [7, 11) is 0. The summed E-state index contributed by atoms with van der Waals surface area (Å²) in [5.41, 5.74) is 9.75. The first-order valence-electron chi connectivity index (χ1n) is 5.06. The van der Waals surface area contributed by atoms with Crippen molar-refractivity contribution in [3.05, 3.63) is 45.0 Å². The van der Waals surface area contributed by atoms with E-state index in [1.807, 2.05) is 0 Å². The highest BCUT2D eigenvalue weighted by atomic mass is 16.1. The number of carbonyl (C=O) groups is 1. The minimum atomic E-state index is -0.549. The van der Waals surface area contributed by atoms with Gasteiger partial charge in [0.15, 0.2) is 5.78 Å². The maximum Gasteiger partial charge on any atom is 0.346 e. The third-order valence-electron chi connectivity index (χ3n) is 1.92. The molecule has 6 N–H and O–H groups in total. The van der Waals surface area contributed by atoms with Gasteiger partial charge in [0.1, 0.15) is 11.6 Å². The predicted molar refractivity (Wildman–Crippen MR) is 68.5 cm³/mol. The van der Waals surface area contributed by atoms with Crippen LogP contribution in [0.5, 0.6) is 0 Å². The summed E-state index contributed by atoms with van der Waals surface area (Å²) in [6, 6.07) is 1.52. The van der Waals surface area contributed by atoms with Crippen LogP contribution in [0.15, 0.2) is 28.0 Å². The SMILES string of the molecule is CC(=O)c1cnc(=O)[nH]c1N.Nc1ccnc(=O)[nH]1. The second kappa shape index (κ2) is 6.10. The Hall–Kier alpha value is -2.97. The van der Waals surface area contributed by atoms with Crippen molar-refractivity contribution < 1.29 is 4.79 Å². The van der Waals surface area contributed by atoms with Gasteiger partial charge in [0.25, 0.3) is 0 Å². The number of hydrogen-bond acceptors (Lipinski definition) is 7. The minimum absolute atomic E-state index is 0.0671. The third kappa shape index (κ3) is 4.42. The van der Waals surface area contributed by atoms with Crippen molar-refractivity contribution in [1.29, 1.82) is 0 Å². The fourth-order valence-corrected chi connectivity index (χ4v) is 1.07. The largest absolute Gasteiger partial charge is 0.385 e. The van der Waals surface area contributed by atoms with Crippen molar-refractivity contribution in [2.24, 2.45) is 0 Å². The van der Waals surface area contributed by atoms with Crippen molar-refractivity contribution in [3.8, 4) is 0 Å². The van der Waals surface area contributed by atoms with Crippen molar-refractivity contribution >= 4 is 17.4 Å². The molecule has 2 aromatic heterocycles. The number of anilines is 2. The van der Waals surface area contributed by atoms with Gasteiger partial charge in [-0.15, -0.1) is 0 Å². The van der Waals surface area contributed by atoms with E-state index in [9.17, 15) is 14.4 Å². The topological polar surface area (TPSA) is 161 Å². The first kappa shape index (κ1) is 14.1. The van der Waals surface area contributed by atoms with E-state index in [1.165, 1.54) is 19.2 Å². The van der Waals surface area contributed by atoms with Gasteiger partial charge >= 0.3 is 11.4 Å². The standard InChI is InChI=1S/C6H7N3O2.C4H5N3O/c1-3(10)4-2-8-6(11)9-5(4)7;5-3-1-2-6-4(8)7-3/h2H,1H3,(H3,7,8,9,11);1-2H,(H3,5,6,7,8). The van der Waals surface area contributed by atoms with Crippen LogP contribution >= 0.6 is 0 Å². The number of rotatable bonds is 1. The number of aromatic nitrogens is 4. The number of nitrogens with zero attached hydrogens (tertiary/aromatic N) is 2. The Morgan fingerprint density at radius 2 is 1.79 bits per heavy atom. The number of ketones is 1. The molecule has 9 nitrogen and oxygen atoms in total. The molecule has 0 amide bonds. The Bertz CT molecular complexity index is 690. The zero-order valence-corrected chi connectivity index (χ0v) is 10.0. The molecular formula is C10H12N6O3. The van der Waals surface area contributed by atoms with Crippen molar-refractivity contribution in [2.45, 2.75) is 6.92 Å². The second-order valence-corrected chi connectivity index (χ2v) is 3.40. The van der Waals surface area contributed by atoms with Crippen molar-refractivity contribution in [2.75, 3.05) is 11.5 Å². The molecule has 0 bridgehead atoms. The summed E-state index contributed by atoms with van der Waals surface area (Å²) in [4.78, 5) is 42.7. The van der Waals surface area contributed by atoms with Gasteiger partial charge in [-0.3, -0.25) is 14.8 Å². The normalized spacial score (nSPS) is 9.32. The van der Waals surface area contributed by atoms with Gasteiger partial charge in [0.2, 0.25) is 0 Å². The summed E-state index contributed by atoms with van der Waals surface area (Å²) in [5, 5.41) is 0. The van der Waals surface area contributed by atoms with Crippen LogP contribution in [0.2, 0.25) is 0 Å². The van der Waals surface area contributed by atoms with E-state index in [4.69, 9.17) is 11.5 Å². The molecule has 0 radical (unpaired) electrons. The first-order valence-corrected chi connectivity index (χ1v) is 5.06. The molecule has 0 aliphatic heterocycles. The zero-order valence-electron chi connectivity index (χ0n) is 10.0. The molecule has 19 heavy (non-hydrogen) atoms. The highest BCUT2D eigenvalue weighted by Crippen LogP contribution is 2.02. The highest BCUT2D eigenvalue weighted by Gasteiger charge is 2.04. The van der Waals surface area contributed by atoms with Crippen LogP contribution in [0.25, 0.3) is 0 Å². The number of hydrogen-bond donors (Lipinski definition) is 4. The summed E-state index contributed by atoms with van der Waals surface area (Å²) in [6.07, 6.45) is 2.52. The lowest BCUT2D eigenvalue weighted by Gasteiger charge is -1.96. The van der Waals surface area contributed by atoms with E-state index in [0.29, 0.717) is 5.82 Å². The van der Waals surface area contributed by atoms with Gasteiger partial charge in [0.05, 0.1) is 5.56 Å². The molecule has 0 atom stereocenters. The quantitative estimate of drug-likeness (QED) is 0.475. The maximum absolute atomic E-state index is 10.7. The molecule has 2 rings (SSSR count). The minimum Gasteiger partial charge on any atom is -0.385 e. The van der Waals surface area contributed by atoms with Crippen molar-refractivity contribution in [1.82, 2.24) is 19.9 Å². The van der Waals surface area contributed by atoms with E-state index >= 15 is 0 Å². The van der Waals surface area contributed by atoms with Gasteiger partial charge in [-0.1, -0.05) is 0 Å². The van der Waals surface area contributed by atoms with E-state index in [0.717, 1.165) is 6.20 Å². The summed E-state index contributed by atoms with van der Waals surface area (Å²) < 4.78 is 0. The Morgan fingerprint density at radius 1 is 1.16 bits per heavy atom. The number of H-pyrrole nitrogens is 2. The van der Waals surface area contributed by atoms with Crippen LogP contribution in [-0.2, 0) is 0 Å². The smallest absolute Gasteiger partial charge is 0.346 e. The molecule has 100 valence electrons. The van der Waals surface area contributed by atoms with E-state index in [2.05, 4.69) is 19.9 Å². The van der Waals surface area contributed by atoms with Gasteiger partial charge < -0.3 is 11.5 Å². The lowest BCUT2D eigenvalue weighted by Crippen LogP contribution is -2.15. The summed E-state index contributed by atoms with van der Waals surface area (Å²) in [6.45, 7) is 1.35.